The standard InChI is InChI=1S/C12H13F4N/c13-9-5-3-4-8(10(9)12(14,15)16)11(17)6-1-2-7-11/h3-5H,1-2,6-7,17H2. The largest absolute Gasteiger partial charge is 0.419 e. The number of alkyl halides is 3. The summed E-state index contributed by atoms with van der Waals surface area (Å²) in [6, 6.07) is 3.40. The van der Waals surface area contributed by atoms with Crippen molar-refractivity contribution in [3.05, 3.63) is 35.1 Å². The van der Waals surface area contributed by atoms with Crippen LogP contribution in [0.15, 0.2) is 18.2 Å². The molecule has 0 saturated heterocycles. The van der Waals surface area contributed by atoms with Crippen molar-refractivity contribution < 1.29 is 17.6 Å². The highest BCUT2D eigenvalue weighted by atomic mass is 19.4. The summed E-state index contributed by atoms with van der Waals surface area (Å²) >= 11 is 0. The monoisotopic (exact) mass is 247 g/mol. The molecule has 1 aliphatic rings. The van der Waals surface area contributed by atoms with Crippen LogP contribution in [0.2, 0.25) is 0 Å². The van der Waals surface area contributed by atoms with E-state index in [0.29, 0.717) is 12.8 Å². The van der Waals surface area contributed by atoms with Gasteiger partial charge in [0.15, 0.2) is 0 Å². The highest BCUT2D eigenvalue weighted by Crippen LogP contribution is 2.43. The number of hydrogen-bond donors (Lipinski definition) is 1. The molecule has 5 heteroatoms. The molecule has 0 radical (unpaired) electrons. The zero-order valence-corrected chi connectivity index (χ0v) is 9.15. The maximum Gasteiger partial charge on any atom is 0.419 e. The van der Waals surface area contributed by atoms with E-state index in [1.165, 1.54) is 12.1 Å². The van der Waals surface area contributed by atoms with Crippen molar-refractivity contribution in [2.75, 3.05) is 0 Å². The predicted molar refractivity (Wildman–Crippen MR) is 55.7 cm³/mol. The summed E-state index contributed by atoms with van der Waals surface area (Å²) in [5.41, 5.74) is 3.63. The van der Waals surface area contributed by atoms with Crippen LogP contribution in [-0.4, -0.2) is 0 Å². The first kappa shape index (κ1) is 12.4. The topological polar surface area (TPSA) is 26.0 Å². The van der Waals surface area contributed by atoms with Crippen LogP contribution < -0.4 is 5.73 Å². The fourth-order valence-electron chi connectivity index (χ4n) is 2.50. The Labute approximate surface area is 96.6 Å². The van der Waals surface area contributed by atoms with E-state index in [-0.39, 0.29) is 5.56 Å². The van der Waals surface area contributed by atoms with Gasteiger partial charge in [0.05, 0.1) is 5.56 Å². The number of nitrogens with two attached hydrogens (primary N) is 1. The van der Waals surface area contributed by atoms with Crippen molar-refractivity contribution in [1.29, 1.82) is 0 Å². The Morgan fingerprint density at radius 1 is 1.12 bits per heavy atom. The molecule has 0 aromatic heterocycles. The highest BCUT2D eigenvalue weighted by Gasteiger charge is 2.43. The Kier molecular flexibility index (Phi) is 2.89. The third kappa shape index (κ3) is 2.16. The Hall–Kier alpha value is -1.10. The minimum atomic E-state index is -4.70. The molecular formula is C12H13F4N. The normalized spacial score (nSPS) is 19.6. The van der Waals surface area contributed by atoms with Crippen LogP contribution >= 0.6 is 0 Å². The van der Waals surface area contributed by atoms with Gasteiger partial charge in [-0.2, -0.15) is 13.2 Å². The maximum absolute atomic E-state index is 13.4. The lowest BCUT2D eigenvalue weighted by Crippen LogP contribution is -2.36. The van der Waals surface area contributed by atoms with Crippen LogP contribution in [0.4, 0.5) is 17.6 Å². The van der Waals surface area contributed by atoms with Crippen molar-refractivity contribution >= 4 is 0 Å². The Bertz CT molecular complexity index is 419. The van der Waals surface area contributed by atoms with E-state index in [4.69, 9.17) is 5.73 Å². The van der Waals surface area contributed by atoms with Gasteiger partial charge in [-0.05, 0) is 24.5 Å². The van der Waals surface area contributed by atoms with Crippen LogP contribution in [0.25, 0.3) is 0 Å². The third-order valence-corrected chi connectivity index (χ3v) is 3.33. The second kappa shape index (κ2) is 3.98. The SMILES string of the molecule is NC1(c2cccc(F)c2C(F)(F)F)CCCC1. The van der Waals surface area contributed by atoms with Crippen molar-refractivity contribution in [3.63, 3.8) is 0 Å². The zero-order chi connectivity index (χ0) is 12.7. The molecule has 0 unspecified atom stereocenters. The molecular weight excluding hydrogens is 234 g/mol. The molecule has 0 atom stereocenters. The molecule has 1 fully saturated rings. The third-order valence-electron chi connectivity index (χ3n) is 3.33. The van der Waals surface area contributed by atoms with Crippen molar-refractivity contribution in [3.8, 4) is 0 Å². The van der Waals surface area contributed by atoms with Crippen LogP contribution in [-0.2, 0) is 11.7 Å². The molecule has 94 valence electrons. The van der Waals surface area contributed by atoms with Gasteiger partial charge in [0.1, 0.15) is 5.82 Å². The first-order chi connectivity index (χ1) is 7.84. The fraction of sp³-hybridized carbons (Fsp3) is 0.500. The summed E-state index contributed by atoms with van der Waals surface area (Å²) in [5, 5.41) is 0. The molecule has 0 amide bonds. The number of hydrogen-bond acceptors (Lipinski definition) is 1. The minimum absolute atomic E-state index is 0.109. The maximum atomic E-state index is 13.4. The van der Waals surface area contributed by atoms with E-state index in [2.05, 4.69) is 0 Å². The molecule has 2 rings (SSSR count). The van der Waals surface area contributed by atoms with Crippen LogP contribution in [0.1, 0.15) is 36.8 Å². The summed E-state index contributed by atoms with van der Waals surface area (Å²) < 4.78 is 51.9. The second-order valence-corrected chi connectivity index (χ2v) is 4.52. The van der Waals surface area contributed by atoms with Gasteiger partial charge in [-0.25, -0.2) is 4.39 Å². The van der Waals surface area contributed by atoms with E-state index in [1.54, 1.807) is 0 Å². The van der Waals surface area contributed by atoms with E-state index < -0.39 is 23.1 Å². The average Bonchev–Trinajstić information content (AvgIpc) is 2.64. The second-order valence-electron chi connectivity index (χ2n) is 4.52. The first-order valence-electron chi connectivity index (χ1n) is 5.50. The summed E-state index contributed by atoms with van der Waals surface area (Å²) in [7, 11) is 0. The minimum Gasteiger partial charge on any atom is -0.321 e. The van der Waals surface area contributed by atoms with E-state index in [0.717, 1.165) is 18.9 Å². The van der Waals surface area contributed by atoms with Gasteiger partial charge in [0, 0.05) is 5.54 Å². The first-order valence-corrected chi connectivity index (χ1v) is 5.50. The Morgan fingerprint density at radius 3 is 2.24 bits per heavy atom. The summed E-state index contributed by atoms with van der Waals surface area (Å²) in [6.07, 6.45) is -2.19. The van der Waals surface area contributed by atoms with Gasteiger partial charge in [-0.3, -0.25) is 0 Å². The van der Waals surface area contributed by atoms with Crippen molar-refractivity contribution in [2.24, 2.45) is 5.73 Å². The van der Waals surface area contributed by atoms with Gasteiger partial charge >= 0.3 is 6.18 Å². The molecule has 0 bridgehead atoms. The molecule has 1 aromatic rings. The van der Waals surface area contributed by atoms with E-state index in [1.807, 2.05) is 0 Å². The molecule has 0 aliphatic heterocycles. The average molecular weight is 247 g/mol. The summed E-state index contributed by atoms with van der Waals surface area (Å²) in [6.45, 7) is 0. The zero-order valence-electron chi connectivity index (χ0n) is 9.15. The van der Waals surface area contributed by atoms with E-state index in [9.17, 15) is 17.6 Å². The predicted octanol–water partition coefficient (Wildman–Crippen LogP) is 3.57. The van der Waals surface area contributed by atoms with Gasteiger partial charge in [-0.1, -0.05) is 25.0 Å². The Morgan fingerprint density at radius 2 is 1.71 bits per heavy atom. The fourth-order valence-corrected chi connectivity index (χ4v) is 2.50. The van der Waals surface area contributed by atoms with Crippen molar-refractivity contribution in [2.45, 2.75) is 37.4 Å². The van der Waals surface area contributed by atoms with Crippen LogP contribution in [0.5, 0.6) is 0 Å². The summed E-state index contributed by atoms with van der Waals surface area (Å²) in [5.74, 6) is -1.24. The Balaban J connectivity index is 2.58. The highest BCUT2D eigenvalue weighted by molar-refractivity contribution is 5.37. The molecule has 2 N–H and O–H groups in total. The molecule has 0 heterocycles. The number of halogens is 4. The number of benzene rings is 1. The van der Waals surface area contributed by atoms with Crippen LogP contribution in [0.3, 0.4) is 0 Å². The molecule has 17 heavy (non-hydrogen) atoms. The van der Waals surface area contributed by atoms with Gasteiger partial charge in [0.25, 0.3) is 0 Å². The van der Waals surface area contributed by atoms with Crippen molar-refractivity contribution in [1.82, 2.24) is 0 Å². The van der Waals surface area contributed by atoms with Gasteiger partial charge in [-0.15, -0.1) is 0 Å². The summed E-state index contributed by atoms with van der Waals surface area (Å²) in [4.78, 5) is 0. The van der Waals surface area contributed by atoms with Gasteiger partial charge < -0.3 is 5.73 Å². The molecule has 1 aliphatic carbocycles. The molecule has 1 saturated carbocycles. The van der Waals surface area contributed by atoms with Gasteiger partial charge in [0.2, 0.25) is 0 Å². The lowest BCUT2D eigenvalue weighted by atomic mass is 9.85. The van der Waals surface area contributed by atoms with Crippen LogP contribution in [0, 0.1) is 5.82 Å². The molecule has 0 spiro atoms. The lowest BCUT2D eigenvalue weighted by Gasteiger charge is -2.28. The molecule has 1 aromatic carbocycles. The smallest absolute Gasteiger partial charge is 0.321 e. The molecule has 1 nitrogen and oxygen atoms in total. The lowest BCUT2D eigenvalue weighted by molar-refractivity contribution is -0.141. The van der Waals surface area contributed by atoms with E-state index >= 15 is 0 Å². The quantitative estimate of drug-likeness (QED) is 0.754. The number of rotatable bonds is 1.